The normalized spacial score (nSPS) is 14.3. The Hall–Kier alpha value is -4.04. The molecule has 0 saturated carbocycles. The van der Waals surface area contributed by atoms with Gasteiger partial charge in [-0.05, 0) is 84.6 Å². The van der Waals surface area contributed by atoms with Gasteiger partial charge in [0.05, 0.1) is 18.6 Å². The zero-order valence-corrected chi connectivity index (χ0v) is 22.0. The Kier molecular flexibility index (Phi) is 7.98. The summed E-state index contributed by atoms with van der Waals surface area (Å²) in [7, 11) is 1.50. The number of anilines is 1. The third-order valence-corrected chi connectivity index (χ3v) is 6.88. The maximum Gasteiger partial charge on any atom is 0.293 e. The molecule has 1 N–H and O–H groups in total. The largest absolute Gasteiger partial charge is 0.493 e. The average molecular weight is 517 g/mol. The van der Waals surface area contributed by atoms with Gasteiger partial charge in [0.15, 0.2) is 18.1 Å². The lowest BCUT2D eigenvalue weighted by atomic mass is 10.1. The Balaban J connectivity index is 1.43. The highest BCUT2D eigenvalue weighted by Crippen LogP contribution is 2.35. The Bertz CT molecular complexity index is 1400. The van der Waals surface area contributed by atoms with Crippen molar-refractivity contribution < 1.29 is 23.9 Å². The lowest BCUT2D eigenvalue weighted by Gasteiger charge is -2.14. The molecule has 1 fully saturated rings. The number of carbonyl (C=O) groups excluding carboxylic acids is 3. The van der Waals surface area contributed by atoms with Gasteiger partial charge in [0.1, 0.15) is 0 Å². The number of thioether (sulfide) groups is 1. The fourth-order valence-corrected chi connectivity index (χ4v) is 4.68. The van der Waals surface area contributed by atoms with E-state index in [1.165, 1.54) is 12.0 Å². The van der Waals surface area contributed by atoms with Crippen LogP contribution in [0.5, 0.6) is 11.5 Å². The molecule has 1 saturated heterocycles. The molecule has 1 heterocycles. The molecule has 0 bridgehead atoms. The maximum absolute atomic E-state index is 12.9. The zero-order chi connectivity index (χ0) is 26.5. The number of benzene rings is 3. The minimum atomic E-state index is -0.333. The van der Waals surface area contributed by atoms with Crippen LogP contribution < -0.4 is 14.8 Å². The quantitative estimate of drug-likeness (QED) is 0.377. The van der Waals surface area contributed by atoms with E-state index in [1.54, 1.807) is 24.3 Å². The van der Waals surface area contributed by atoms with Crippen LogP contribution in [0, 0.1) is 20.8 Å². The van der Waals surface area contributed by atoms with Gasteiger partial charge < -0.3 is 14.8 Å². The van der Waals surface area contributed by atoms with E-state index in [4.69, 9.17) is 9.47 Å². The summed E-state index contributed by atoms with van der Waals surface area (Å²) in [5.74, 6) is 0.179. The standard InChI is InChI=1S/C29H28N2O5S/c1-18-9-10-20(3)23(13-18)30-27(32)17-36-24-12-11-21(14-25(24)35-4)15-26-28(33)31(29(34)37-26)16-22-8-6-5-7-19(22)2/h5-15H,16-17H2,1-4H3,(H,30,32)/b26-15-. The molecule has 0 aliphatic carbocycles. The van der Waals surface area contributed by atoms with Crippen LogP contribution in [0.4, 0.5) is 10.5 Å². The van der Waals surface area contributed by atoms with Crippen molar-refractivity contribution in [1.29, 1.82) is 0 Å². The minimum absolute atomic E-state index is 0.194. The Morgan fingerprint density at radius 2 is 1.76 bits per heavy atom. The molecule has 190 valence electrons. The fraction of sp³-hybridized carbons (Fsp3) is 0.207. The Labute approximate surface area is 220 Å². The molecule has 0 unspecified atom stereocenters. The number of methoxy groups -OCH3 is 1. The smallest absolute Gasteiger partial charge is 0.293 e. The predicted molar refractivity (Wildman–Crippen MR) is 146 cm³/mol. The first kappa shape index (κ1) is 26.0. The van der Waals surface area contributed by atoms with Crippen LogP contribution in [-0.4, -0.2) is 35.7 Å². The van der Waals surface area contributed by atoms with E-state index >= 15 is 0 Å². The van der Waals surface area contributed by atoms with Crippen molar-refractivity contribution in [2.75, 3.05) is 19.0 Å². The molecule has 3 amide bonds. The number of ether oxygens (including phenoxy) is 2. The third-order valence-electron chi connectivity index (χ3n) is 5.97. The summed E-state index contributed by atoms with van der Waals surface area (Å²) < 4.78 is 11.1. The molecule has 8 heteroatoms. The van der Waals surface area contributed by atoms with Gasteiger partial charge in [0.25, 0.3) is 17.1 Å². The van der Waals surface area contributed by atoms with E-state index in [2.05, 4.69) is 5.32 Å². The SMILES string of the molecule is COc1cc(/C=C2\SC(=O)N(Cc3ccccc3C)C2=O)ccc1OCC(=O)Nc1cc(C)ccc1C. The molecule has 3 aromatic carbocycles. The van der Waals surface area contributed by atoms with Crippen LogP contribution in [0.1, 0.15) is 27.8 Å². The number of carbonyl (C=O) groups is 3. The molecule has 0 radical (unpaired) electrons. The first-order valence-electron chi connectivity index (χ1n) is 11.7. The van der Waals surface area contributed by atoms with Crippen molar-refractivity contribution in [3.63, 3.8) is 0 Å². The van der Waals surface area contributed by atoms with Crippen molar-refractivity contribution in [2.45, 2.75) is 27.3 Å². The number of hydrogen-bond donors (Lipinski definition) is 1. The summed E-state index contributed by atoms with van der Waals surface area (Å²) >= 11 is 0.910. The highest BCUT2D eigenvalue weighted by molar-refractivity contribution is 8.18. The van der Waals surface area contributed by atoms with Gasteiger partial charge in [-0.2, -0.15) is 0 Å². The Morgan fingerprint density at radius 3 is 2.51 bits per heavy atom. The number of rotatable bonds is 8. The van der Waals surface area contributed by atoms with Gasteiger partial charge in [-0.3, -0.25) is 19.3 Å². The van der Waals surface area contributed by atoms with Crippen molar-refractivity contribution in [3.8, 4) is 11.5 Å². The topological polar surface area (TPSA) is 84.9 Å². The number of hydrogen-bond acceptors (Lipinski definition) is 6. The molecular weight excluding hydrogens is 488 g/mol. The number of aryl methyl sites for hydroxylation is 3. The molecule has 37 heavy (non-hydrogen) atoms. The van der Waals surface area contributed by atoms with Gasteiger partial charge in [-0.1, -0.05) is 42.5 Å². The highest BCUT2D eigenvalue weighted by atomic mass is 32.2. The summed E-state index contributed by atoms with van der Waals surface area (Å²) in [5, 5.41) is 2.56. The molecule has 3 aromatic rings. The van der Waals surface area contributed by atoms with Gasteiger partial charge >= 0.3 is 0 Å². The lowest BCUT2D eigenvalue weighted by molar-refractivity contribution is -0.123. The molecule has 0 aromatic heterocycles. The van der Waals surface area contributed by atoms with E-state index in [0.29, 0.717) is 22.0 Å². The monoisotopic (exact) mass is 516 g/mol. The van der Waals surface area contributed by atoms with Gasteiger partial charge in [0.2, 0.25) is 0 Å². The maximum atomic E-state index is 12.9. The van der Waals surface area contributed by atoms with Crippen LogP contribution in [0.15, 0.2) is 65.6 Å². The molecule has 0 spiro atoms. The third kappa shape index (κ3) is 6.21. The summed E-state index contributed by atoms with van der Waals surface area (Å²) in [4.78, 5) is 39.5. The minimum Gasteiger partial charge on any atom is -0.493 e. The fourth-order valence-electron chi connectivity index (χ4n) is 3.84. The second-order valence-corrected chi connectivity index (χ2v) is 9.75. The highest BCUT2D eigenvalue weighted by Gasteiger charge is 2.35. The van der Waals surface area contributed by atoms with Crippen LogP contribution >= 0.6 is 11.8 Å². The molecular formula is C29H28N2O5S. The number of nitrogens with one attached hydrogen (secondary N) is 1. The summed E-state index contributed by atoms with van der Waals surface area (Å²) in [6.45, 7) is 5.88. The van der Waals surface area contributed by atoms with Crippen LogP contribution in [0.3, 0.4) is 0 Å². The van der Waals surface area contributed by atoms with E-state index in [0.717, 1.165) is 39.7 Å². The molecule has 7 nitrogen and oxygen atoms in total. The van der Waals surface area contributed by atoms with Crippen molar-refractivity contribution in [3.05, 3.63) is 93.4 Å². The summed E-state index contributed by atoms with van der Waals surface area (Å²) in [5.41, 5.74) is 5.37. The number of imide groups is 1. The van der Waals surface area contributed by atoms with Crippen LogP contribution in [0.25, 0.3) is 6.08 Å². The molecule has 1 aliphatic rings. The van der Waals surface area contributed by atoms with E-state index < -0.39 is 0 Å². The lowest BCUT2D eigenvalue weighted by Crippen LogP contribution is -2.27. The second kappa shape index (κ2) is 11.3. The average Bonchev–Trinajstić information content (AvgIpc) is 3.13. The molecule has 4 rings (SSSR count). The van der Waals surface area contributed by atoms with Gasteiger partial charge in [-0.25, -0.2) is 0 Å². The van der Waals surface area contributed by atoms with Gasteiger partial charge in [0, 0.05) is 5.69 Å². The molecule has 0 atom stereocenters. The Morgan fingerprint density at radius 1 is 0.973 bits per heavy atom. The second-order valence-electron chi connectivity index (χ2n) is 8.76. The number of amides is 3. The predicted octanol–water partition coefficient (Wildman–Crippen LogP) is 5.87. The van der Waals surface area contributed by atoms with E-state index in [9.17, 15) is 14.4 Å². The first-order chi connectivity index (χ1) is 17.7. The van der Waals surface area contributed by atoms with E-state index in [-0.39, 0.29) is 30.2 Å². The summed E-state index contributed by atoms with van der Waals surface area (Å²) in [6.07, 6.45) is 1.66. The zero-order valence-electron chi connectivity index (χ0n) is 21.2. The van der Waals surface area contributed by atoms with Crippen molar-refractivity contribution in [2.24, 2.45) is 0 Å². The van der Waals surface area contributed by atoms with Crippen molar-refractivity contribution in [1.82, 2.24) is 4.90 Å². The molecule has 1 aliphatic heterocycles. The van der Waals surface area contributed by atoms with Crippen LogP contribution in [0.2, 0.25) is 0 Å². The van der Waals surface area contributed by atoms with Gasteiger partial charge in [-0.15, -0.1) is 0 Å². The first-order valence-corrected chi connectivity index (χ1v) is 12.5. The van der Waals surface area contributed by atoms with Crippen LogP contribution in [-0.2, 0) is 16.1 Å². The van der Waals surface area contributed by atoms with E-state index in [1.807, 2.05) is 63.2 Å². The number of nitrogens with zero attached hydrogens (tertiary/aromatic N) is 1. The summed E-state index contributed by atoms with van der Waals surface area (Å²) in [6, 6.07) is 18.6. The van der Waals surface area contributed by atoms with Crippen molar-refractivity contribution >= 4 is 40.6 Å².